The highest BCUT2D eigenvalue weighted by Gasteiger charge is 2.40. The van der Waals surface area contributed by atoms with Gasteiger partial charge in [-0.15, -0.1) is 0 Å². The molecule has 20 heavy (non-hydrogen) atoms. The van der Waals surface area contributed by atoms with Crippen molar-refractivity contribution in [3.8, 4) is 5.75 Å². The standard InChI is InChI=1S/C15H17Cl2NO2/c16-11-3-4-14(12(17)7-11)20-8-15(19)18-13-6-9-1-2-10(13)5-9/h3-4,7,9-10,13H,1-2,5-6,8H2,(H,18,19)/t9-,10+,13-/m0/s1. The largest absolute Gasteiger partial charge is 0.482 e. The summed E-state index contributed by atoms with van der Waals surface area (Å²) in [6.45, 7) is -0.00472. The van der Waals surface area contributed by atoms with Crippen molar-refractivity contribution in [1.82, 2.24) is 5.32 Å². The van der Waals surface area contributed by atoms with Crippen molar-refractivity contribution in [3.63, 3.8) is 0 Å². The van der Waals surface area contributed by atoms with E-state index in [1.807, 2.05) is 0 Å². The van der Waals surface area contributed by atoms with Gasteiger partial charge in [0.1, 0.15) is 5.75 Å². The molecule has 2 aliphatic rings. The van der Waals surface area contributed by atoms with Gasteiger partial charge in [-0.3, -0.25) is 4.79 Å². The van der Waals surface area contributed by atoms with Gasteiger partial charge >= 0.3 is 0 Å². The number of fused-ring (bicyclic) bond motifs is 2. The van der Waals surface area contributed by atoms with Crippen molar-refractivity contribution < 1.29 is 9.53 Å². The summed E-state index contributed by atoms with van der Waals surface area (Å²) in [5.74, 6) is 1.90. The van der Waals surface area contributed by atoms with Crippen molar-refractivity contribution in [2.75, 3.05) is 6.61 Å². The van der Waals surface area contributed by atoms with Crippen molar-refractivity contribution in [2.45, 2.75) is 31.7 Å². The van der Waals surface area contributed by atoms with Gasteiger partial charge in [-0.1, -0.05) is 29.6 Å². The van der Waals surface area contributed by atoms with E-state index in [0.717, 1.165) is 12.3 Å². The summed E-state index contributed by atoms with van der Waals surface area (Å²) in [5, 5.41) is 4.05. The van der Waals surface area contributed by atoms with Crippen LogP contribution < -0.4 is 10.1 Å². The summed E-state index contributed by atoms with van der Waals surface area (Å²) in [4.78, 5) is 11.9. The number of carbonyl (C=O) groups is 1. The molecule has 3 atom stereocenters. The number of halogens is 2. The predicted molar refractivity (Wildman–Crippen MR) is 79.3 cm³/mol. The molecule has 5 heteroatoms. The monoisotopic (exact) mass is 313 g/mol. The third-order valence-corrected chi connectivity index (χ3v) is 4.87. The Kier molecular flexibility index (Phi) is 4.08. The highest BCUT2D eigenvalue weighted by molar-refractivity contribution is 6.35. The number of hydrogen-bond donors (Lipinski definition) is 1. The van der Waals surface area contributed by atoms with E-state index in [9.17, 15) is 4.79 Å². The summed E-state index contributed by atoms with van der Waals surface area (Å²) in [7, 11) is 0. The van der Waals surface area contributed by atoms with Gasteiger partial charge in [-0.05, 0) is 49.3 Å². The van der Waals surface area contributed by atoms with Gasteiger partial charge in [-0.2, -0.15) is 0 Å². The molecule has 0 radical (unpaired) electrons. The number of ether oxygens (including phenoxy) is 1. The number of hydrogen-bond acceptors (Lipinski definition) is 2. The first-order valence-corrected chi connectivity index (χ1v) is 7.74. The van der Waals surface area contributed by atoms with E-state index in [1.165, 1.54) is 19.3 Å². The maximum Gasteiger partial charge on any atom is 0.258 e. The molecule has 0 spiro atoms. The van der Waals surface area contributed by atoms with E-state index in [-0.39, 0.29) is 12.5 Å². The van der Waals surface area contributed by atoms with Gasteiger partial charge < -0.3 is 10.1 Å². The van der Waals surface area contributed by atoms with Crippen LogP contribution in [0.25, 0.3) is 0 Å². The van der Waals surface area contributed by atoms with Crippen LogP contribution in [0.3, 0.4) is 0 Å². The molecular formula is C15H17Cl2NO2. The van der Waals surface area contributed by atoms with Crippen LogP contribution in [0.5, 0.6) is 5.75 Å². The molecule has 2 saturated carbocycles. The third-order valence-electron chi connectivity index (χ3n) is 4.34. The first-order valence-electron chi connectivity index (χ1n) is 6.99. The van der Waals surface area contributed by atoms with Gasteiger partial charge in [0.25, 0.3) is 5.91 Å². The minimum Gasteiger partial charge on any atom is -0.482 e. The van der Waals surface area contributed by atoms with Gasteiger partial charge in [0.15, 0.2) is 6.61 Å². The summed E-state index contributed by atoms with van der Waals surface area (Å²) in [6.07, 6.45) is 4.97. The summed E-state index contributed by atoms with van der Waals surface area (Å²) >= 11 is 11.8. The highest BCUT2D eigenvalue weighted by atomic mass is 35.5. The van der Waals surface area contributed by atoms with E-state index in [0.29, 0.717) is 27.8 Å². The number of benzene rings is 1. The molecule has 0 aromatic heterocycles. The zero-order chi connectivity index (χ0) is 14.1. The van der Waals surface area contributed by atoms with Crippen molar-refractivity contribution >= 4 is 29.1 Å². The fourth-order valence-corrected chi connectivity index (χ4v) is 3.87. The Morgan fingerprint density at radius 1 is 1.30 bits per heavy atom. The number of rotatable bonds is 4. The SMILES string of the molecule is O=C(COc1ccc(Cl)cc1Cl)N[C@H]1C[C@H]2CC[C@@H]1C2. The molecule has 3 rings (SSSR count). The van der Waals surface area contributed by atoms with E-state index in [4.69, 9.17) is 27.9 Å². The molecule has 1 amide bonds. The number of nitrogens with one attached hydrogen (secondary N) is 1. The molecule has 0 saturated heterocycles. The second-order valence-corrected chi connectivity index (χ2v) is 6.56. The molecule has 3 nitrogen and oxygen atoms in total. The number of amides is 1. The van der Waals surface area contributed by atoms with Crippen LogP contribution >= 0.6 is 23.2 Å². The Balaban J connectivity index is 1.49. The van der Waals surface area contributed by atoms with Gasteiger partial charge in [-0.25, -0.2) is 0 Å². The van der Waals surface area contributed by atoms with Gasteiger partial charge in [0.2, 0.25) is 0 Å². The van der Waals surface area contributed by atoms with Crippen LogP contribution in [-0.4, -0.2) is 18.6 Å². The van der Waals surface area contributed by atoms with E-state index in [2.05, 4.69) is 5.32 Å². The molecule has 2 aliphatic carbocycles. The second kappa shape index (κ2) is 5.82. The molecule has 2 fully saturated rings. The Bertz CT molecular complexity index is 521. The van der Waals surface area contributed by atoms with Crippen molar-refractivity contribution in [3.05, 3.63) is 28.2 Å². The highest BCUT2D eigenvalue weighted by Crippen LogP contribution is 2.44. The zero-order valence-corrected chi connectivity index (χ0v) is 12.6. The van der Waals surface area contributed by atoms with Gasteiger partial charge in [0.05, 0.1) is 5.02 Å². The third kappa shape index (κ3) is 3.04. The molecule has 1 aromatic carbocycles. The van der Waals surface area contributed by atoms with E-state index in [1.54, 1.807) is 18.2 Å². The topological polar surface area (TPSA) is 38.3 Å². The maximum atomic E-state index is 11.9. The lowest BCUT2D eigenvalue weighted by molar-refractivity contribution is -0.124. The minimum atomic E-state index is -0.0754. The average Bonchev–Trinajstić information content (AvgIpc) is 3.00. The van der Waals surface area contributed by atoms with Crippen LogP contribution in [0.2, 0.25) is 10.0 Å². The molecule has 0 unspecified atom stereocenters. The quantitative estimate of drug-likeness (QED) is 0.921. The van der Waals surface area contributed by atoms with Crippen LogP contribution in [0.1, 0.15) is 25.7 Å². The molecule has 0 heterocycles. The van der Waals surface area contributed by atoms with Crippen molar-refractivity contribution in [2.24, 2.45) is 11.8 Å². The van der Waals surface area contributed by atoms with Gasteiger partial charge in [0, 0.05) is 11.1 Å². The average molecular weight is 314 g/mol. The summed E-state index contributed by atoms with van der Waals surface area (Å²) in [6, 6.07) is 5.31. The molecule has 108 valence electrons. The summed E-state index contributed by atoms with van der Waals surface area (Å²) in [5.41, 5.74) is 0. The predicted octanol–water partition coefficient (Wildman–Crippen LogP) is 3.68. The van der Waals surface area contributed by atoms with Crippen LogP contribution in [0.4, 0.5) is 0 Å². The Labute approximate surface area is 128 Å². The molecule has 2 bridgehead atoms. The Hall–Kier alpha value is -0.930. The maximum absolute atomic E-state index is 11.9. The lowest BCUT2D eigenvalue weighted by Gasteiger charge is -2.22. The van der Waals surface area contributed by atoms with Crippen molar-refractivity contribution in [1.29, 1.82) is 0 Å². The smallest absolute Gasteiger partial charge is 0.258 e. The molecule has 1 aromatic rings. The second-order valence-electron chi connectivity index (χ2n) is 5.71. The fraction of sp³-hybridized carbons (Fsp3) is 0.533. The normalized spacial score (nSPS) is 27.6. The molecule has 1 N–H and O–H groups in total. The lowest BCUT2D eigenvalue weighted by Crippen LogP contribution is -2.40. The lowest BCUT2D eigenvalue weighted by atomic mass is 9.95. The number of carbonyl (C=O) groups excluding carboxylic acids is 1. The van der Waals surface area contributed by atoms with E-state index >= 15 is 0 Å². The molecule has 0 aliphatic heterocycles. The first-order chi connectivity index (χ1) is 9.61. The zero-order valence-electron chi connectivity index (χ0n) is 11.1. The molecular weight excluding hydrogens is 297 g/mol. The van der Waals surface area contributed by atoms with Crippen LogP contribution in [0, 0.1) is 11.8 Å². The first kappa shape index (κ1) is 14.0. The Morgan fingerprint density at radius 3 is 2.80 bits per heavy atom. The summed E-state index contributed by atoms with van der Waals surface area (Å²) < 4.78 is 5.44. The fourth-order valence-electron chi connectivity index (χ4n) is 3.41. The minimum absolute atomic E-state index is 0.00472. The Morgan fingerprint density at radius 2 is 2.15 bits per heavy atom. The van der Waals surface area contributed by atoms with Crippen LogP contribution in [-0.2, 0) is 4.79 Å². The van der Waals surface area contributed by atoms with E-state index < -0.39 is 0 Å². The van der Waals surface area contributed by atoms with Crippen LogP contribution in [0.15, 0.2) is 18.2 Å².